The van der Waals surface area contributed by atoms with Crippen molar-refractivity contribution in [2.24, 2.45) is 0 Å². The monoisotopic (exact) mass is 892 g/mol. The van der Waals surface area contributed by atoms with Gasteiger partial charge in [0.15, 0.2) is 11.4 Å². The van der Waals surface area contributed by atoms with E-state index in [0.717, 1.165) is 61.2 Å². The van der Waals surface area contributed by atoms with Crippen LogP contribution in [0.5, 0.6) is 0 Å². The second-order valence-corrected chi connectivity index (χ2v) is 16.6. The SMILES string of the molecule is [C-]#[N+]c1ccccc1-c1cc(-c2ccc(-c3c(C#N)cc(-c4ccc(-n5c6ccccc6c6cc(N(c7ccccc7)c7ccccc7)ccc65)cc4)cc3C#N)cc2)nc(-c2ccccc2[N+]#[C-])n1. The molecule has 0 bridgehead atoms. The van der Waals surface area contributed by atoms with Gasteiger partial charge in [-0.2, -0.15) is 10.5 Å². The number of nitrogens with zero attached hydrogens (tertiary/aromatic N) is 8. The molecule has 11 rings (SSSR count). The van der Waals surface area contributed by atoms with Gasteiger partial charge in [0.25, 0.3) is 0 Å². The van der Waals surface area contributed by atoms with Crippen molar-refractivity contribution < 1.29 is 0 Å². The van der Waals surface area contributed by atoms with Gasteiger partial charge in [-0.15, -0.1) is 0 Å². The molecule has 0 unspecified atom stereocenters. The highest BCUT2D eigenvalue weighted by Crippen LogP contribution is 2.41. The van der Waals surface area contributed by atoms with Crippen molar-refractivity contribution in [3.05, 3.63) is 252 Å². The molecule has 0 fully saturated rings. The Bertz CT molecular complexity index is 3830. The van der Waals surface area contributed by atoms with E-state index in [1.165, 1.54) is 0 Å². The van der Waals surface area contributed by atoms with Gasteiger partial charge < -0.3 is 9.47 Å². The van der Waals surface area contributed by atoms with Gasteiger partial charge in [-0.05, 0) is 95.6 Å². The summed E-state index contributed by atoms with van der Waals surface area (Å²) in [5.41, 5.74) is 14.0. The molecule has 0 saturated carbocycles. The van der Waals surface area contributed by atoms with Gasteiger partial charge in [0.1, 0.15) is 5.82 Å². The van der Waals surface area contributed by atoms with E-state index in [-0.39, 0.29) is 0 Å². The summed E-state index contributed by atoms with van der Waals surface area (Å²) >= 11 is 0. The van der Waals surface area contributed by atoms with E-state index < -0.39 is 0 Å². The Balaban J connectivity index is 0.936. The van der Waals surface area contributed by atoms with Crippen LogP contribution in [-0.4, -0.2) is 14.5 Å². The first kappa shape index (κ1) is 42.3. The number of rotatable bonds is 9. The Morgan fingerprint density at radius 1 is 0.429 bits per heavy atom. The molecule has 0 radical (unpaired) electrons. The molecule has 0 aliphatic rings. The predicted molar refractivity (Wildman–Crippen MR) is 280 cm³/mol. The fourth-order valence-corrected chi connectivity index (χ4v) is 9.29. The summed E-state index contributed by atoms with van der Waals surface area (Å²) < 4.78 is 2.28. The minimum atomic E-state index is 0.365. The molecule has 2 heterocycles. The fraction of sp³-hybridized carbons (Fsp3) is 0. The van der Waals surface area contributed by atoms with E-state index in [2.05, 4.69) is 134 Å². The van der Waals surface area contributed by atoms with Crippen molar-refractivity contribution in [2.45, 2.75) is 0 Å². The molecule has 324 valence electrons. The summed E-state index contributed by atoms with van der Waals surface area (Å²) in [5, 5.41) is 23.5. The standard InChI is InChI=1S/C62H36N8/c1-65-55-22-12-9-20-52(55)58-38-57(67-62(68-58)53-21-10-13-23-56(53)66-2)42-25-27-43(28-26-42)61-45(39-63)35-44(36-46(61)40-64)41-29-31-49(32-30-41)70-59-24-14-11-19-51(59)54-37-50(33-34-60(54)70)69(47-15-5-3-6-16-47)48-17-7-4-8-18-48/h3-38H. The van der Waals surface area contributed by atoms with Crippen molar-refractivity contribution in [1.82, 2.24) is 14.5 Å². The van der Waals surface area contributed by atoms with E-state index in [0.29, 0.717) is 62.0 Å². The van der Waals surface area contributed by atoms with E-state index in [1.54, 1.807) is 18.2 Å². The van der Waals surface area contributed by atoms with E-state index in [9.17, 15) is 10.5 Å². The number of aromatic nitrogens is 3. The van der Waals surface area contributed by atoms with Crippen LogP contribution in [0.15, 0.2) is 218 Å². The molecule has 2 aromatic heterocycles. The van der Waals surface area contributed by atoms with Gasteiger partial charge in [0, 0.05) is 55.8 Å². The lowest BCUT2D eigenvalue weighted by atomic mass is 9.90. The summed E-state index contributed by atoms with van der Waals surface area (Å²) in [7, 11) is 0. The first-order chi connectivity index (χ1) is 34.5. The third-order valence-corrected chi connectivity index (χ3v) is 12.5. The Morgan fingerprint density at radius 2 is 0.957 bits per heavy atom. The van der Waals surface area contributed by atoms with Gasteiger partial charge in [-0.25, -0.2) is 19.7 Å². The largest absolute Gasteiger partial charge is 0.310 e. The third-order valence-electron chi connectivity index (χ3n) is 12.5. The van der Waals surface area contributed by atoms with Crippen LogP contribution in [0.3, 0.4) is 0 Å². The van der Waals surface area contributed by atoms with E-state index >= 15 is 0 Å². The predicted octanol–water partition coefficient (Wildman–Crippen LogP) is 16.2. The molecular formula is C62H36N8. The smallest absolute Gasteiger partial charge is 0.198 e. The number of hydrogen-bond donors (Lipinski definition) is 0. The average molecular weight is 893 g/mol. The molecule has 11 aromatic rings. The number of nitriles is 2. The Kier molecular flexibility index (Phi) is 10.9. The zero-order chi connectivity index (χ0) is 47.6. The van der Waals surface area contributed by atoms with Crippen molar-refractivity contribution in [3.63, 3.8) is 0 Å². The molecule has 0 spiro atoms. The van der Waals surface area contributed by atoms with Gasteiger partial charge in [0.2, 0.25) is 0 Å². The lowest BCUT2D eigenvalue weighted by Gasteiger charge is -2.25. The Morgan fingerprint density at radius 3 is 1.60 bits per heavy atom. The summed E-state index contributed by atoms with van der Waals surface area (Å²) in [4.78, 5) is 19.5. The summed E-state index contributed by atoms with van der Waals surface area (Å²) in [6, 6.07) is 76.5. The molecule has 0 saturated heterocycles. The average Bonchev–Trinajstić information content (AvgIpc) is 3.76. The van der Waals surface area contributed by atoms with Gasteiger partial charge in [0.05, 0.1) is 58.8 Å². The normalized spacial score (nSPS) is 10.8. The topological polar surface area (TPSA) is 90.2 Å². The molecule has 0 N–H and O–H groups in total. The molecule has 70 heavy (non-hydrogen) atoms. The van der Waals surface area contributed by atoms with E-state index in [4.69, 9.17) is 23.1 Å². The molecule has 8 heteroatoms. The molecule has 0 amide bonds. The highest BCUT2D eigenvalue weighted by Gasteiger charge is 2.20. The molecule has 9 aromatic carbocycles. The first-order valence-electron chi connectivity index (χ1n) is 22.5. The van der Waals surface area contributed by atoms with Crippen LogP contribution in [0, 0.1) is 35.8 Å². The van der Waals surface area contributed by atoms with Crippen LogP contribution in [-0.2, 0) is 0 Å². The van der Waals surface area contributed by atoms with Crippen LogP contribution in [0.4, 0.5) is 28.4 Å². The number of benzene rings is 9. The molecule has 0 aliphatic heterocycles. The van der Waals surface area contributed by atoms with Crippen LogP contribution in [0.25, 0.3) is 93.3 Å². The summed E-state index contributed by atoms with van der Waals surface area (Å²) in [6.07, 6.45) is 0. The maximum absolute atomic E-state index is 10.6. The maximum Gasteiger partial charge on any atom is 0.198 e. The second-order valence-electron chi connectivity index (χ2n) is 16.6. The maximum atomic E-state index is 10.6. The van der Waals surface area contributed by atoms with Gasteiger partial charge >= 0.3 is 0 Å². The van der Waals surface area contributed by atoms with Crippen LogP contribution >= 0.6 is 0 Å². The van der Waals surface area contributed by atoms with Crippen LogP contribution < -0.4 is 4.90 Å². The number of para-hydroxylation sites is 5. The highest BCUT2D eigenvalue weighted by atomic mass is 15.1. The number of anilines is 3. The van der Waals surface area contributed by atoms with Crippen molar-refractivity contribution in [3.8, 4) is 74.0 Å². The quantitative estimate of drug-likeness (QED) is 0.135. The number of hydrogen-bond acceptors (Lipinski definition) is 5. The minimum absolute atomic E-state index is 0.365. The third kappa shape index (κ3) is 7.63. The van der Waals surface area contributed by atoms with Crippen molar-refractivity contribution in [2.75, 3.05) is 4.90 Å². The lowest BCUT2D eigenvalue weighted by molar-refractivity contribution is 1.18. The summed E-state index contributed by atoms with van der Waals surface area (Å²) in [5.74, 6) is 0.365. The molecule has 8 nitrogen and oxygen atoms in total. The van der Waals surface area contributed by atoms with Crippen molar-refractivity contribution in [1.29, 1.82) is 10.5 Å². The highest BCUT2D eigenvalue weighted by molar-refractivity contribution is 6.10. The zero-order valence-electron chi connectivity index (χ0n) is 37.4. The molecular weight excluding hydrogens is 857 g/mol. The van der Waals surface area contributed by atoms with Crippen LogP contribution in [0.1, 0.15) is 11.1 Å². The Labute approximate surface area is 404 Å². The van der Waals surface area contributed by atoms with Crippen LogP contribution in [0.2, 0.25) is 0 Å². The minimum Gasteiger partial charge on any atom is -0.310 e. The van der Waals surface area contributed by atoms with Gasteiger partial charge in [-0.3, -0.25) is 0 Å². The molecule has 0 aliphatic carbocycles. The first-order valence-corrected chi connectivity index (χ1v) is 22.5. The molecule has 0 atom stereocenters. The number of fused-ring (bicyclic) bond motifs is 3. The second kappa shape index (κ2) is 18.1. The fourth-order valence-electron chi connectivity index (χ4n) is 9.29. The van der Waals surface area contributed by atoms with E-state index in [1.807, 2.05) is 97.1 Å². The zero-order valence-corrected chi connectivity index (χ0v) is 37.4. The summed E-state index contributed by atoms with van der Waals surface area (Å²) in [6.45, 7) is 15.6. The van der Waals surface area contributed by atoms with Crippen molar-refractivity contribution >= 4 is 50.2 Å². The van der Waals surface area contributed by atoms with Gasteiger partial charge in [-0.1, -0.05) is 140 Å². The Hall–Kier alpha value is -10.4. The lowest BCUT2D eigenvalue weighted by Crippen LogP contribution is -2.09.